The molecule has 98 valence electrons. The maximum atomic E-state index is 11.4. The highest BCUT2D eigenvalue weighted by Crippen LogP contribution is 2.28. The molecule has 0 saturated carbocycles. The number of nitrogens with zero attached hydrogens (tertiary/aromatic N) is 2. The average Bonchev–Trinajstić information content (AvgIpc) is 2.36. The molecule has 2 rings (SSSR count). The molecular formula is C13H13N3O3. The standard InChI is InChI=1S/C13H13N3O3/c1-16(2)10-5-8(7-17)3-4-9(10)13-14-11(18)6-12(19)15-13/h3-7H,1-2H3,(H2,14,15,18,19). The molecule has 0 aliphatic carbocycles. The Bertz CT molecular complexity index is 677. The van der Waals surface area contributed by atoms with Gasteiger partial charge in [0.2, 0.25) is 5.88 Å². The Balaban J connectivity index is 2.67. The molecule has 2 N–H and O–H groups in total. The molecule has 1 aromatic heterocycles. The highest BCUT2D eigenvalue weighted by molar-refractivity contribution is 5.83. The molecule has 0 saturated heterocycles. The third kappa shape index (κ3) is 2.62. The first kappa shape index (κ1) is 12.8. The number of anilines is 1. The number of aromatic hydroxyl groups is 1. The van der Waals surface area contributed by atoms with E-state index in [0.717, 1.165) is 18.0 Å². The first-order valence-corrected chi connectivity index (χ1v) is 5.58. The predicted molar refractivity (Wildman–Crippen MR) is 71.7 cm³/mol. The van der Waals surface area contributed by atoms with Crippen LogP contribution in [0, 0.1) is 0 Å². The van der Waals surface area contributed by atoms with Crippen LogP contribution < -0.4 is 10.5 Å². The lowest BCUT2D eigenvalue weighted by Crippen LogP contribution is -2.13. The number of H-pyrrole nitrogens is 1. The van der Waals surface area contributed by atoms with Gasteiger partial charge in [0.25, 0.3) is 5.56 Å². The van der Waals surface area contributed by atoms with E-state index in [0.29, 0.717) is 11.1 Å². The summed E-state index contributed by atoms with van der Waals surface area (Å²) in [6.45, 7) is 0. The second-order valence-corrected chi connectivity index (χ2v) is 4.24. The Hall–Kier alpha value is -2.63. The number of aromatic amines is 1. The van der Waals surface area contributed by atoms with Gasteiger partial charge < -0.3 is 15.0 Å². The average molecular weight is 259 g/mol. The molecule has 0 atom stereocenters. The molecule has 2 aromatic rings. The van der Waals surface area contributed by atoms with Crippen LogP contribution >= 0.6 is 0 Å². The van der Waals surface area contributed by atoms with Gasteiger partial charge in [0.1, 0.15) is 12.1 Å². The van der Waals surface area contributed by atoms with Crippen LogP contribution in [0.25, 0.3) is 11.4 Å². The molecule has 0 bridgehead atoms. The van der Waals surface area contributed by atoms with E-state index < -0.39 is 5.56 Å². The van der Waals surface area contributed by atoms with Gasteiger partial charge in [-0.3, -0.25) is 9.59 Å². The summed E-state index contributed by atoms with van der Waals surface area (Å²) in [5.41, 5.74) is 1.43. The number of nitrogens with one attached hydrogen (secondary N) is 1. The molecule has 1 aromatic carbocycles. The zero-order valence-electron chi connectivity index (χ0n) is 10.5. The van der Waals surface area contributed by atoms with E-state index in [4.69, 9.17) is 0 Å². The number of rotatable bonds is 3. The minimum Gasteiger partial charge on any atom is -0.493 e. The third-order valence-electron chi connectivity index (χ3n) is 2.62. The highest BCUT2D eigenvalue weighted by Gasteiger charge is 2.11. The van der Waals surface area contributed by atoms with E-state index in [1.54, 1.807) is 23.1 Å². The smallest absolute Gasteiger partial charge is 0.254 e. The maximum absolute atomic E-state index is 11.4. The summed E-state index contributed by atoms with van der Waals surface area (Å²) in [6, 6.07) is 5.99. The van der Waals surface area contributed by atoms with Crippen LogP contribution in [-0.2, 0) is 0 Å². The van der Waals surface area contributed by atoms with Crippen molar-refractivity contribution in [1.29, 1.82) is 0 Å². The molecule has 0 fully saturated rings. The van der Waals surface area contributed by atoms with Crippen LogP contribution in [0.15, 0.2) is 29.1 Å². The van der Waals surface area contributed by atoms with Crippen molar-refractivity contribution in [3.63, 3.8) is 0 Å². The molecule has 0 spiro atoms. The van der Waals surface area contributed by atoms with Gasteiger partial charge in [-0.15, -0.1) is 0 Å². The molecule has 6 nitrogen and oxygen atoms in total. The fraction of sp³-hybridized carbons (Fsp3) is 0.154. The zero-order valence-corrected chi connectivity index (χ0v) is 10.5. The Labute approximate surface area is 109 Å². The Morgan fingerprint density at radius 1 is 1.32 bits per heavy atom. The number of carbonyl (C=O) groups excluding carboxylic acids is 1. The number of hydrogen-bond acceptors (Lipinski definition) is 5. The predicted octanol–water partition coefficient (Wildman–Crippen LogP) is 1.02. The van der Waals surface area contributed by atoms with Crippen molar-refractivity contribution in [2.75, 3.05) is 19.0 Å². The van der Waals surface area contributed by atoms with Gasteiger partial charge in [-0.25, -0.2) is 0 Å². The van der Waals surface area contributed by atoms with Gasteiger partial charge in [-0.05, 0) is 12.1 Å². The summed E-state index contributed by atoms with van der Waals surface area (Å²) in [5.74, 6) is -0.0888. The van der Waals surface area contributed by atoms with Crippen LogP contribution in [0.3, 0.4) is 0 Å². The van der Waals surface area contributed by atoms with E-state index in [9.17, 15) is 14.7 Å². The van der Waals surface area contributed by atoms with Gasteiger partial charge in [0.15, 0.2) is 0 Å². The molecule has 0 amide bonds. The number of carbonyl (C=O) groups is 1. The maximum Gasteiger partial charge on any atom is 0.254 e. The summed E-state index contributed by atoms with van der Waals surface area (Å²) in [6.07, 6.45) is 0.745. The first-order chi connectivity index (χ1) is 9.01. The van der Waals surface area contributed by atoms with E-state index in [1.807, 2.05) is 14.1 Å². The third-order valence-corrected chi connectivity index (χ3v) is 2.62. The fourth-order valence-corrected chi connectivity index (χ4v) is 1.76. The van der Waals surface area contributed by atoms with Crippen molar-refractivity contribution in [1.82, 2.24) is 9.97 Å². The van der Waals surface area contributed by atoms with Crippen molar-refractivity contribution in [2.24, 2.45) is 0 Å². The van der Waals surface area contributed by atoms with E-state index in [2.05, 4.69) is 9.97 Å². The van der Waals surface area contributed by atoms with Crippen molar-refractivity contribution < 1.29 is 9.90 Å². The SMILES string of the molecule is CN(C)c1cc(C=O)ccc1-c1nc(O)cc(=O)[nH]1. The summed E-state index contributed by atoms with van der Waals surface area (Å²) < 4.78 is 0. The Morgan fingerprint density at radius 3 is 2.63 bits per heavy atom. The second kappa shape index (κ2) is 4.93. The molecule has 0 aliphatic heterocycles. The van der Waals surface area contributed by atoms with E-state index in [1.165, 1.54) is 0 Å². The summed E-state index contributed by atoms with van der Waals surface area (Å²) >= 11 is 0. The summed E-state index contributed by atoms with van der Waals surface area (Å²) in [7, 11) is 3.63. The molecule has 1 heterocycles. The first-order valence-electron chi connectivity index (χ1n) is 5.58. The lowest BCUT2D eigenvalue weighted by atomic mass is 10.1. The Morgan fingerprint density at radius 2 is 2.05 bits per heavy atom. The van der Waals surface area contributed by atoms with Gasteiger partial charge in [-0.2, -0.15) is 4.98 Å². The lowest BCUT2D eigenvalue weighted by molar-refractivity contribution is 0.112. The zero-order chi connectivity index (χ0) is 14.0. The van der Waals surface area contributed by atoms with Crippen LogP contribution in [0.4, 0.5) is 5.69 Å². The van der Waals surface area contributed by atoms with Gasteiger partial charge in [0, 0.05) is 30.9 Å². The van der Waals surface area contributed by atoms with Crippen LogP contribution in [0.2, 0.25) is 0 Å². The molecule has 0 aliphatic rings. The van der Waals surface area contributed by atoms with Gasteiger partial charge in [-0.1, -0.05) is 6.07 Å². The van der Waals surface area contributed by atoms with E-state index >= 15 is 0 Å². The highest BCUT2D eigenvalue weighted by atomic mass is 16.3. The summed E-state index contributed by atoms with van der Waals surface area (Å²) in [5, 5.41) is 9.38. The number of benzene rings is 1. The van der Waals surface area contributed by atoms with Gasteiger partial charge >= 0.3 is 0 Å². The van der Waals surface area contributed by atoms with Crippen LogP contribution in [-0.4, -0.2) is 35.5 Å². The van der Waals surface area contributed by atoms with Crippen molar-refractivity contribution in [3.05, 3.63) is 40.2 Å². The quantitative estimate of drug-likeness (QED) is 0.804. The molecule has 0 unspecified atom stereocenters. The minimum atomic E-state index is -0.438. The molecule has 0 radical (unpaired) electrons. The monoisotopic (exact) mass is 259 g/mol. The minimum absolute atomic E-state index is 0.256. The second-order valence-electron chi connectivity index (χ2n) is 4.24. The number of aldehydes is 1. The topological polar surface area (TPSA) is 86.3 Å². The molecule has 19 heavy (non-hydrogen) atoms. The molecule has 6 heteroatoms. The number of aromatic nitrogens is 2. The lowest BCUT2D eigenvalue weighted by Gasteiger charge is -2.17. The summed E-state index contributed by atoms with van der Waals surface area (Å²) in [4.78, 5) is 30.4. The largest absolute Gasteiger partial charge is 0.493 e. The van der Waals surface area contributed by atoms with Crippen LogP contribution in [0.5, 0.6) is 5.88 Å². The van der Waals surface area contributed by atoms with Crippen molar-refractivity contribution in [2.45, 2.75) is 0 Å². The van der Waals surface area contributed by atoms with Crippen LogP contribution in [0.1, 0.15) is 10.4 Å². The van der Waals surface area contributed by atoms with Crippen molar-refractivity contribution >= 4 is 12.0 Å². The van der Waals surface area contributed by atoms with Gasteiger partial charge in [0.05, 0.1) is 6.07 Å². The molecular weight excluding hydrogens is 246 g/mol. The van der Waals surface area contributed by atoms with Crippen molar-refractivity contribution in [3.8, 4) is 17.3 Å². The number of hydrogen-bond donors (Lipinski definition) is 2. The normalized spacial score (nSPS) is 10.2. The Kier molecular flexibility index (Phi) is 3.33. The fourth-order valence-electron chi connectivity index (χ4n) is 1.76. The van der Waals surface area contributed by atoms with E-state index in [-0.39, 0.29) is 11.7 Å².